The van der Waals surface area contributed by atoms with Crippen molar-refractivity contribution >= 4 is 11.5 Å². The van der Waals surface area contributed by atoms with E-state index in [-0.39, 0.29) is 5.78 Å². The van der Waals surface area contributed by atoms with Gasteiger partial charge < -0.3 is 10.1 Å². The molecule has 22 heavy (non-hydrogen) atoms. The van der Waals surface area contributed by atoms with E-state index in [0.29, 0.717) is 12.2 Å². The zero-order chi connectivity index (χ0) is 15.8. The average molecular weight is 295 g/mol. The number of nitrogens with one attached hydrogen (secondary N) is 1. The molecule has 0 aromatic heterocycles. The van der Waals surface area contributed by atoms with Crippen LogP contribution in [0.3, 0.4) is 0 Å². The number of carbonyl (C=O) groups is 1. The van der Waals surface area contributed by atoms with Gasteiger partial charge in [0.25, 0.3) is 0 Å². The van der Waals surface area contributed by atoms with Gasteiger partial charge in [0.2, 0.25) is 0 Å². The van der Waals surface area contributed by atoms with Gasteiger partial charge in [-0.3, -0.25) is 4.79 Å². The molecule has 0 aliphatic rings. The summed E-state index contributed by atoms with van der Waals surface area (Å²) in [6, 6.07) is 15.3. The Bertz CT molecular complexity index is 627. The van der Waals surface area contributed by atoms with Crippen molar-refractivity contribution in [3.05, 3.63) is 71.9 Å². The molecule has 0 amide bonds. The molecular formula is C19H21NO2. The van der Waals surface area contributed by atoms with Crippen molar-refractivity contribution in [2.24, 2.45) is 0 Å². The van der Waals surface area contributed by atoms with Crippen LogP contribution in [0.2, 0.25) is 0 Å². The fourth-order valence-electron chi connectivity index (χ4n) is 2.03. The monoisotopic (exact) mass is 295 g/mol. The predicted octanol–water partition coefficient (Wildman–Crippen LogP) is 4.46. The molecule has 0 saturated heterocycles. The van der Waals surface area contributed by atoms with E-state index in [4.69, 9.17) is 4.74 Å². The molecular weight excluding hydrogens is 274 g/mol. The van der Waals surface area contributed by atoms with Crippen LogP contribution in [0, 0.1) is 0 Å². The van der Waals surface area contributed by atoms with Gasteiger partial charge in [0.15, 0.2) is 5.78 Å². The molecule has 0 fully saturated rings. The van der Waals surface area contributed by atoms with Crippen LogP contribution >= 0.6 is 0 Å². The molecule has 0 atom stereocenters. The Morgan fingerprint density at radius 2 is 1.73 bits per heavy atom. The summed E-state index contributed by atoms with van der Waals surface area (Å²) in [5, 5.41) is 3.10. The van der Waals surface area contributed by atoms with E-state index in [1.54, 1.807) is 18.3 Å². The Morgan fingerprint density at radius 3 is 2.32 bits per heavy atom. The SMILES string of the molecule is CCOc1ccc(C(=O)/C=C/Nc2ccc(CC)cc2)cc1. The van der Waals surface area contributed by atoms with Crippen LogP contribution in [0.1, 0.15) is 29.8 Å². The first-order valence-corrected chi connectivity index (χ1v) is 7.52. The van der Waals surface area contributed by atoms with Crippen LogP contribution in [0.4, 0.5) is 5.69 Å². The van der Waals surface area contributed by atoms with E-state index in [1.807, 2.05) is 31.2 Å². The number of ketones is 1. The molecule has 2 aromatic rings. The Labute approximate surface area is 131 Å². The minimum atomic E-state index is -0.0410. The third kappa shape index (κ3) is 4.48. The molecule has 0 radical (unpaired) electrons. The molecule has 0 aliphatic heterocycles. The molecule has 2 aromatic carbocycles. The first-order valence-electron chi connectivity index (χ1n) is 7.52. The second kappa shape index (κ2) is 8.03. The fraction of sp³-hybridized carbons (Fsp3) is 0.211. The Hall–Kier alpha value is -2.55. The van der Waals surface area contributed by atoms with Gasteiger partial charge in [-0.1, -0.05) is 19.1 Å². The van der Waals surface area contributed by atoms with Crippen molar-refractivity contribution in [2.45, 2.75) is 20.3 Å². The maximum absolute atomic E-state index is 12.0. The summed E-state index contributed by atoms with van der Waals surface area (Å²) < 4.78 is 5.36. The van der Waals surface area contributed by atoms with E-state index in [9.17, 15) is 4.79 Å². The number of hydrogen-bond donors (Lipinski definition) is 1. The maximum Gasteiger partial charge on any atom is 0.187 e. The normalized spacial score (nSPS) is 10.6. The summed E-state index contributed by atoms with van der Waals surface area (Å²) in [7, 11) is 0. The van der Waals surface area contributed by atoms with Gasteiger partial charge in [0.1, 0.15) is 5.75 Å². The van der Waals surface area contributed by atoms with E-state index in [0.717, 1.165) is 17.9 Å². The van der Waals surface area contributed by atoms with Crippen molar-refractivity contribution < 1.29 is 9.53 Å². The van der Waals surface area contributed by atoms with Crippen LogP contribution < -0.4 is 10.1 Å². The summed E-state index contributed by atoms with van der Waals surface area (Å²) in [5.41, 5.74) is 2.90. The Kier molecular flexibility index (Phi) is 5.78. The summed E-state index contributed by atoms with van der Waals surface area (Å²) >= 11 is 0. The lowest BCUT2D eigenvalue weighted by atomic mass is 10.1. The second-order valence-corrected chi connectivity index (χ2v) is 4.85. The number of ether oxygens (including phenoxy) is 1. The maximum atomic E-state index is 12.0. The molecule has 0 aliphatic carbocycles. The summed E-state index contributed by atoms with van der Waals surface area (Å²) in [6.07, 6.45) is 4.22. The van der Waals surface area contributed by atoms with Crippen LogP contribution in [-0.4, -0.2) is 12.4 Å². The highest BCUT2D eigenvalue weighted by atomic mass is 16.5. The zero-order valence-electron chi connectivity index (χ0n) is 13.0. The lowest BCUT2D eigenvalue weighted by Crippen LogP contribution is -1.97. The lowest BCUT2D eigenvalue weighted by molar-refractivity contribution is 0.104. The number of carbonyl (C=O) groups excluding carboxylic acids is 1. The highest BCUT2D eigenvalue weighted by Gasteiger charge is 2.01. The topological polar surface area (TPSA) is 38.3 Å². The number of benzene rings is 2. The van der Waals surface area contributed by atoms with E-state index in [2.05, 4.69) is 24.4 Å². The molecule has 114 valence electrons. The predicted molar refractivity (Wildman–Crippen MR) is 90.5 cm³/mol. The number of rotatable bonds is 7. The number of allylic oxidation sites excluding steroid dienone is 1. The van der Waals surface area contributed by atoms with Crippen LogP contribution in [0.5, 0.6) is 5.75 Å². The molecule has 0 bridgehead atoms. The summed E-state index contributed by atoms with van der Waals surface area (Å²) in [5.74, 6) is 0.734. The van der Waals surface area contributed by atoms with E-state index in [1.165, 1.54) is 11.6 Å². The van der Waals surface area contributed by atoms with Gasteiger partial charge in [-0.15, -0.1) is 0 Å². The van der Waals surface area contributed by atoms with Crippen molar-refractivity contribution in [2.75, 3.05) is 11.9 Å². The Morgan fingerprint density at radius 1 is 1.05 bits per heavy atom. The third-order valence-electron chi connectivity index (χ3n) is 3.30. The first kappa shape index (κ1) is 15.8. The van der Waals surface area contributed by atoms with Gasteiger partial charge in [-0.05, 0) is 55.3 Å². The van der Waals surface area contributed by atoms with Gasteiger partial charge in [0, 0.05) is 23.5 Å². The standard InChI is InChI=1S/C19H21NO2/c1-3-15-5-9-17(10-6-15)20-14-13-19(21)16-7-11-18(12-8-16)22-4-2/h5-14,20H,3-4H2,1-2H3/b14-13+. The molecule has 0 unspecified atom stereocenters. The molecule has 0 heterocycles. The number of hydrogen-bond acceptors (Lipinski definition) is 3. The van der Waals surface area contributed by atoms with Crippen LogP contribution in [-0.2, 0) is 6.42 Å². The minimum absolute atomic E-state index is 0.0410. The molecule has 3 nitrogen and oxygen atoms in total. The minimum Gasteiger partial charge on any atom is -0.494 e. The Balaban J connectivity index is 1.92. The van der Waals surface area contributed by atoms with Crippen molar-refractivity contribution in [3.8, 4) is 5.75 Å². The highest BCUT2D eigenvalue weighted by molar-refractivity contribution is 6.04. The lowest BCUT2D eigenvalue weighted by Gasteiger charge is -2.03. The zero-order valence-corrected chi connectivity index (χ0v) is 13.0. The largest absolute Gasteiger partial charge is 0.494 e. The summed E-state index contributed by atoms with van der Waals surface area (Å²) in [4.78, 5) is 12.0. The second-order valence-electron chi connectivity index (χ2n) is 4.85. The molecule has 3 heteroatoms. The number of anilines is 1. The van der Waals surface area contributed by atoms with Crippen molar-refractivity contribution in [1.82, 2.24) is 0 Å². The fourth-order valence-corrected chi connectivity index (χ4v) is 2.03. The number of aryl methyl sites for hydroxylation is 1. The van der Waals surface area contributed by atoms with E-state index >= 15 is 0 Å². The average Bonchev–Trinajstić information content (AvgIpc) is 2.56. The van der Waals surface area contributed by atoms with Crippen molar-refractivity contribution in [1.29, 1.82) is 0 Å². The van der Waals surface area contributed by atoms with Gasteiger partial charge in [-0.2, -0.15) is 0 Å². The van der Waals surface area contributed by atoms with Crippen LogP contribution in [0.25, 0.3) is 0 Å². The molecule has 1 N–H and O–H groups in total. The third-order valence-corrected chi connectivity index (χ3v) is 3.30. The van der Waals surface area contributed by atoms with Crippen LogP contribution in [0.15, 0.2) is 60.8 Å². The quantitative estimate of drug-likeness (QED) is 0.605. The van der Waals surface area contributed by atoms with Crippen molar-refractivity contribution in [3.63, 3.8) is 0 Å². The van der Waals surface area contributed by atoms with Gasteiger partial charge in [0.05, 0.1) is 6.61 Å². The molecule has 0 spiro atoms. The highest BCUT2D eigenvalue weighted by Crippen LogP contribution is 2.13. The van der Waals surface area contributed by atoms with Gasteiger partial charge >= 0.3 is 0 Å². The molecule has 0 saturated carbocycles. The smallest absolute Gasteiger partial charge is 0.187 e. The summed E-state index contributed by atoms with van der Waals surface area (Å²) in [6.45, 7) is 4.67. The first-order chi connectivity index (χ1) is 10.7. The van der Waals surface area contributed by atoms with E-state index < -0.39 is 0 Å². The van der Waals surface area contributed by atoms with Gasteiger partial charge in [-0.25, -0.2) is 0 Å². The molecule has 2 rings (SSSR count).